The summed E-state index contributed by atoms with van der Waals surface area (Å²) in [5.74, 6) is 0.688. The van der Waals surface area contributed by atoms with Gasteiger partial charge in [-0.25, -0.2) is 4.39 Å². The van der Waals surface area contributed by atoms with E-state index in [0.29, 0.717) is 18.0 Å². The summed E-state index contributed by atoms with van der Waals surface area (Å²) in [4.78, 5) is 16.1. The number of hydrogen-bond donors (Lipinski definition) is 2. The average molecular weight is 416 g/mol. The molecule has 1 aliphatic heterocycles. The van der Waals surface area contributed by atoms with E-state index in [9.17, 15) is 9.18 Å². The van der Waals surface area contributed by atoms with E-state index in [-0.39, 0.29) is 30.9 Å². The Kier molecular flexibility index (Phi) is 5.04. The molecule has 1 aliphatic rings. The molecular weight excluding hydrogens is 395 g/mol. The van der Waals surface area contributed by atoms with Crippen molar-refractivity contribution in [2.75, 3.05) is 6.79 Å². The van der Waals surface area contributed by atoms with Crippen LogP contribution in [0.2, 0.25) is 0 Å². The largest absolute Gasteiger partial charge is 0.454 e. The quantitative estimate of drug-likeness (QED) is 0.471. The molecule has 0 spiro atoms. The molecule has 0 saturated carbocycles. The van der Waals surface area contributed by atoms with Crippen LogP contribution in [-0.4, -0.2) is 17.7 Å². The van der Waals surface area contributed by atoms with E-state index in [1.807, 2.05) is 54.7 Å². The lowest BCUT2D eigenvalue weighted by atomic mass is 9.88. The number of carbonyl (C=O) groups is 1. The Balaban J connectivity index is 1.37. The highest BCUT2D eigenvalue weighted by Crippen LogP contribution is 2.34. The van der Waals surface area contributed by atoms with Crippen LogP contribution in [0, 0.1) is 5.82 Å². The topological polar surface area (TPSA) is 63.4 Å². The zero-order valence-electron chi connectivity index (χ0n) is 16.7. The zero-order chi connectivity index (χ0) is 21.2. The van der Waals surface area contributed by atoms with Gasteiger partial charge in [-0.1, -0.05) is 36.4 Å². The van der Waals surface area contributed by atoms with Gasteiger partial charge in [0.1, 0.15) is 5.82 Å². The highest BCUT2D eigenvalue weighted by atomic mass is 19.1. The lowest BCUT2D eigenvalue weighted by Gasteiger charge is -2.17. The number of carbonyl (C=O) groups excluding carboxylic acids is 1. The first-order chi connectivity index (χ1) is 15.2. The smallest absolute Gasteiger partial charge is 0.231 e. The fraction of sp³-hybridized carbons (Fsp3) is 0.160. The van der Waals surface area contributed by atoms with Crippen molar-refractivity contribution in [3.63, 3.8) is 0 Å². The number of benzene rings is 3. The maximum atomic E-state index is 14.0. The van der Waals surface area contributed by atoms with Crippen molar-refractivity contribution in [1.29, 1.82) is 0 Å². The highest BCUT2D eigenvalue weighted by molar-refractivity contribution is 5.86. The molecular formula is C25H21FN2O3. The second-order valence-electron chi connectivity index (χ2n) is 7.57. The van der Waals surface area contributed by atoms with Gasteiger partial charge in [-0.15, -0.1) is 0 Å². The Morgan fingerprint density at radius 1 is 1.03 bits per heavy atom. The molecule has 156 valence electrons. The maximum Gasteiger partial charge on any atom is 0.231 e. The number of ether oxygens (including phenoxy) is 2. The summed E-state index contributed by atoms with van der Waals surface area (Å²) in [6.07, 6.45) is 2.11. The molecule has 2 heterocycles. The first-order valence-electron chi connectivity index (χ1n) is 10.1. The van der Waals surface area contributed by atoms with E-state index < -0.39 is 0 Å². The first kappa shape index (κ1) is 19.2. The highest BCUT2D eigenvalue weighted by Gasteiger charge is 2.22. The Morgan fingerprint density at radius 2 is 1.90 bits per heavy atom. The number of H-pyrrole nitrogens is 1. The van der Waals surface area contributed by atoms with Gasteiger partial charge in [-0.3, -0.25) is 4.79 Å². The summed E-state index contributed by atoms with van der Waals surface area (Å²) in [5, 5.41) is 4.00. The molecule has 0 fully saturated rings. The Morgan fingerprint density at radius 3 is 2.81 bits per heavy atom. The van der Waals surface area contributed by atoms with E-state index in [2.05, 4.69) is 10.3 Å². The lowest BCUT2D eigenvalue weighted by Crippen LogP contribution is -2.25. The third-order valence-corrected chi connectivity index (χ3v) is 5.56. The Labute approximate surface area is 178 Å². The molecule has 31 heavy (non-hydrogen) atoms. The van der Waals surface area contributed by atoms with Crippen LogP contribution < -0.4 is 14.8 Å². The molecule has 5 rings (SSSR count). The second-order valence-corrected chi connectivity index (χ2v) is 7.57. The van der Waals surface area contributed by atoms with Crippen molar-refractivity contribution < 1.29 is 18.7 Å². The summed E-state index contributed by atoms with van der Waals surface area (Å²) >= 11 is 0. The van der Waals surface area contributed by atoms with Crippen molar-refractivity contribution in [2.24, 2.45) is 0 Å². The number of aromatic amines is 1. The van der Waals surface area contributed by atoms with Crippen LogP contribution in [0.4, 0.5) is 4.39 Å². The molecule has 0 aliphatic carbocycles. The second kappa shape index (κ2) is 8.14. The average Bonchev–Trinajstić information content (AvgIpc) is 3.42. The van der Waals surface area contributed by atoms with Gasteiger partial charge in [0, 0.05) is 36.0 Å². The molecule has 6 heteroatoms. The number of para-hydroxylation sites is 1. The molecule has 1 aromatic heterocycles. The lowest BCUT2D eigenvalue weighted by molar-refractivity contribution is -0.121. The normalized spacial score (nSPS) is 13.3. The molecule has 0 saturated heterocycles. The van der Waals surface area contributed by atoms with Gasteiger partial charge in [0.2, 0.25) is 12.7 Å². The van der Waals surface area contributed by atoms with Crippen LogP contribution in [-0.2, 0) is 11.3 Å². The molecule has 0 radical (unpaired) electrons. The van der Waals surface area contributed by atoms with Crippen molar-refractivity contribution in [1.82, 2.24) is 10.3 Å². The molecule has 5 nitrogen and oxygen atoms in total. The third-order valence-electron chi connectivity index (χ3n) is 5.56. The number of fused-ring (bicyclic) bond motifs is 2. The van der Waals surface area contributed by atoms with E-state index in [1.165, 1.54) is 12.1 Å². The van der Waals surface area contributed by atoms with Gasteiger partial charge in [0.15, 0.2) is 11.5 Å². The van der Waals surface area contributed by atoms with E-state index in [4.69, 9.17) is 9.47 Å². The molecule has 1 atom stereocenters. The Bertz CT molecular complexity index is 1250. The van der Waals surface area contributed by atoms with Crippen LogP contribution in [0.5, 0.6) is 11.5 Å². The number of halogens is 1. The number of nitrogens with one attached hydrogen (secondary N) is 2. The van der Waals surface area contributed by atoms with Gasteiger partial charge in [0.25, 0.3) is 0 Å². The summed E-state index contributed by atoms with van der Waals surface area (Å²) in [6, 6.07) is 20.0. The number of hydrogen-bond acceptors (Lipinski definition) is 3. The van der Waals surface area contributed by atoms with Gasteiger partial charge in [-0.05, 0) is 47.0 Å². The number of rotatable bonds is 6. The number of aromatic nitrogens is 1. The zero-order valence-corrected chi connectivity index (χ0v) is 16.7. The fourth-order valence-corrected chi connectivity index (χ4v) is 4.02. The van der Waals surface area contributed by atoms with Crippen molar-refractivity contribution in [3.05, 3.63) is 95.4 Å². The maximum absolute atomic E-state index is 14.0. The van der Waals surface area contributed by atoms with Crippen molar-refractivity contribution in [2.45, 2.75) is 18.9 Å². The van der Waals surface area contributed by atoms with Gasteiger partial charge < -0.3 is 19.8 Å². The fourth-order valence-electron chi connectivity index (χ4n) is 4.02. The van der Waals surface area contributed by atoms with Gasteiger partial charge in [-0.2, -0.15) is 0 Å². The third kappa shape index (κ3) is 3.97. The predicted molar refractivity (Wildman–Crippen MR) is 116 cm³/mol. The molecule has 0 unspecified atom stereocenters. The minimum atomic E-state index is -0.317. The first-order valence-corrected chi connectivity index (χ1v) is 10.1. The molecule has 4 aromatic rings. The van der Waals surface area contributed by atoms with Crippen LogP contribution >= 0.6 is 0 Å². The summed E-state index contributed by atoms with van der Waals surface area (Å²) in [7, 11) is 0. The van der Waals surface area contributed by atoms with Crippen LogP contribution in [0.15, 0.2) is 72.9 Å². The summed E-state index contributed by atoms with van der Waals surface area (Å²) in [5.41, 5.74) is 3.65. The van der Waals surface area contributed by atoms with Crippen molar-refractivity contribution >= 4 is 16.8 Å². The minimum Gasteiger partial charge on any atom is -0.454 e. The monoisotopic (exact) mass is 416 g/mol. The standard InChI is InChI=1S/C25H21FN2O3/c26-18-5-3-4-17(11-18)20(21-14-27-22-7-2-1-6-19(21)22)12-25(29)28-13-16-8-9-23-24(10-16)31-15-30-23/h1-11,14,20,27H,12-13,15H2,(H,28,29)/t20-/m1/s1. The molecule has 0 bridgehead atoms. The molecule has 2 N–H and O–H groups in total. The van der Waals surface area contributed by atoms with E-state index in [0.717, 1.165) is 27.6 Å². The Hall–Kier alpha value is -3.80. The van der Waals surface area contributed by atoms with Crippen LogP contribution in [0.1, 0.15) is 29.0 Å². The minimum absolute atomic E-state index is 0.114. The van der Waals surface area contributed by atoms with E-state index >= 15 is 0 Å². The van der Waals surface area contributed by atoms with Crippen LogP contribution in [0.25, 0.3) is 10.9 Å². The van der Waals surface area contributed by atoms with Crippen LogP contribution in [0.3, 0.4) is 0 Å². The molecule has 3 aromatic carbocycles. The SMILES string of the molecule is O=C(C[C@H](c1cccc(F)c1)c1c[nH]c2ccccc12)NCc1ccc2c(c1)OCO2. The van der Waals surface area contributed by atoms with Gasteiger partial charge in [0.05, 0.1) is 0 Å². The summed E-state index contributed by atoms with van der Waals surface area (Å²) < 4.78 is 24.7. The summed E-state index contributed by atoms with van der Waals surface area (Å²) in [6.45, 7) is 0.588. The van der Waals surface area contributed by atoms with Crippen molar-refractivity contribution in [3.8, 4) is 11.5 Å². The number of amides is 1. The van der Waals surface area contributed by atoms with Gasteiger partial charge >= 0.3 is 0 Å². The molecule has 1 amide bonds. The van der Waals surface area contributed by atoms with E-state index in [1.54, 1.807) is 6.07 Å². The predicted octanol–water partition coefficient (Wildman–Crippen LogP) is 4.87.